The second kappa shape index (κ2) is 9.49. The molecule has 0 saturated carbocycles. The number of aromatic hydroxyl groups is 1. The van der Waals surface area contributed by atoms with Crippen LogP contribution in [-0.2, 0) is 0 Å². The van der Waals surface area contributed by atoms with Crippen molar-refractivity contribution in [3.05, 3.63) is 94.0 Å². The summed E-state index contributed by atoms with van der Waals surface area (Å²) in [5.41, 5.74) is 0.692. The second-order valence-corrected chi connectivity index (χ2v) is 7.23. The zero-order valence-corrected chi connectivity index (χ0v) is 18.7. The lowest BCUT2D eigenvalue weighted by Gasteiger charge is -2.16. The van der Waals surface area contributed by atoms with Crippen molar-refractivity contribution < 1.29 is 14.6 Å². The Bertz CT molecular complexity index is 1410. The number of rotatable bonds is 6. The van der Waals surface area contributed by atoms with Gasteiger partial charge in [0, 0.05) is 0 Å². The summed E-state index contributed by atoms with van der Waals surface area (Å²) in [6, 6.07) is 22.6. The molecule has 4 rings (SSSR count). The van der Waals surface area contributed by atoms with Gasteiger partial charge in [-0.25, -0.2) is 0 Å². The van der Waals surface area contributed by atoms with Crippen LogP contribution in [0.3, 0.4) is 0 Å². The first-order valence-electron chi connectivity index (χ1n) is 9.90. The normalized spacial score (nSPS) is 11.0. The maximum atomic E-state index is 13.4. The molecule has 9 heteroatoms. The Hall–Kier alpha value is -4.24. The van der Waals surface area contributed by atoms with Gasteiger partial charge in [-0.05, 0) is 72.9 Å². The molecule has 8 nitrogen and oxygen atoms in total. The van der Waals surface area contributed by atoms with Crippen molar-refractivity contribution in [1.29, 1.82) is 0 Å². The minimum Gasteiger partial charge on any atom is -0.497 e. The summed E-state index contributed by atoms with van der Waals surface area (Å²) in [6.07, 6.45) is 0. The molecule has 166 valence electrons. The fourth-order valence-corrected chi connectivity index (χ4v) is 3.58. The van der Waals surface area contributed by atoms with Crippen molar-refractivity contribution in [3.63, 3.8) is 0 Å². The van der Waals surface area contributed by atoms with Gasteiger partial charge < -0.3 is 14.6 Å². The molecule has 4 aromatic rings. The number of benzene rings is 3. The van der Waals surface area contributed by atoms with Crippen LogP contribution in [0.15, 0.2) is 93.9 Å². The Kier molecular flexibility index (Phi) is 6.32. The summed E-state index contributed by atoms with van der Waals surface area (Å²) >= 11 is 5.62. The van der Waals surface area contributed by atoms with Crippen LogP contribution in [0.2, 0.25) is 0 Å². The summed E-state index contributed by atoms with van der Waals surface area (Å²) in [4.78, 5) is 13.4. The number of ether oxygens (including phenoxy) is 2. The average molecular weight is 461 g/mol. The predicted octanol–water partition coefficient (Wildman–Crippen LogP) is 5.50. The zero-order valence-electron chi connectivity index (χ0n) is 17.9. The summed E-state index contributed by atoms with van der Waals surface area (Å²) in [7, 11) is 3.12. The highest BCUT2D eigenvalue weighted by atomic mass is 32.1. The van der Waals surface area contributed by atoms with Crippen LogP contribution in [-0.4, -0.2) is 28.5 Å². The van der Waals surface area contributed by atoms with Gasteiger partial charge in [-0.3, -0.25) is 13.9 Å². The van der Waals surface area contributed by atoms with E-state index in [0.29, 0.717) is 28.6 Å². The summed E-state index contributed by atoms with van der Waals surface area (Å²) in [6.45, 7) is 0. The van der Waals surface area contributed by atoms with Gasteiger partial charge in [0.2, 0.25) is 11.6 Å². The van der Waals surface area contributed by atoms with Crippen molar-refractivity contribution in [2.75, 3.05) is 14.2 Å². The Balaban J connectivity index is 1.97. The van der Waals surface area contributed by atoms with E-state index in [-0.39, 0.29) is 10.5 Å². The maximum Gasteiger partial charge on any atom is 0.290 e. The molecule has 0 aliphatic rings. The molecule has 0 atom stereocenters. The highest BCUT2D eigenvalue weighted by Crippen LogP contribution is 2.30. The van der Waals surface area contributed by atoms with Gasteiger partial charge in [-0.15, -0.1) is 5.11 Å². The van der Waals surface area contributed by atoms with E-state index in [0.717, 1.165) is 0 Å². The summed E-state index contributed by atoms with van der Waals surface area (Å²) < 4.78 is 13.1. The molecule has 0 amide bonds. The van der Waals surface area contributed by atoms with Crippen LogP contribution >= 0.6 is 12.2 Å². The molecule has 0 unspecified atom stereocenters. The van der Waals surface area contributed by atoms with E-state index in [2.05, 4.69) is 10.2 Å². The number of nitrogens with zero attached hydrogens (tertiary/aromatic N) is 4. The minimum atomic E-state index is -0.605. The number of azo groups is 1. The third-order valence-corrected chi connectivity index (χ3v) is 5.26. The van der Waals surface area contributed by atoms with Gasteiger partial charge in [-0.2, -0.15) is 5.11 Å². The summed E-state index contributed by atoms with van der Waals surface area (Å²) in [5, 5.41) is 19.2. The van der Waals surface area contributed by atoms with Crippen molar-refractivity contribution in [2.24, 2.45) is 10.2 Å². The summed E-state index contributed by atoms with van der Waals surface area (Å²) in [5.74, 6) is 0.848. The third-order valence-electron chi connectivity index (χ3n) is 4.89. The molecule has 3 aromatic carbocycles. The first-order chi connectivity index (χ1) is 16.0. The topological polar surface area (TPSA) is 90.3 Å². The van der Waals surface area contributed by atoms with E-state index in [1.54, 1.807) is 87.0 Å². The van der Waals surface area contributed by atoms with Crippen LogP contribution in [0.1, 0.15) is 0 Å². The number of hydrogen-bond donors (Lipinski definition) is 1. The second-order valence-electron chi connectivity index (χ2n) is 6.86. The van der Waals surface area contributed by atoms with E-state index < -0.39 is 11.4 Å². The molecule has 1 aromatic heterocycles. The third kappa shape index (κ3) is 4.39. The maximum absolute atomic E-state index is 13.4. The van der Waals surface area contributed by atoms with Crippen molar-refractivity contribution >= 4 is 23.6 Å². The number of methoxy groups -OCH3 is 2. The van der Waals surface area contributed by atoms with Gasteiger partial charge in [0.25, 0.3) is 5.56 Å². The lowest BCUT2D eigenvalue weighted by molar-refractivity contribution is 0.414. The van der Waals surface area contributed by atoms with E-state index in [9.17, 15) is 9.90 Å². The standard InChI is InChI=1S/C24H20N4O4S/c1-31-19-12-8-17(9-13-19)27-22(29)21(26-25-16-6-4-3-5-7-16)23(30)28(24(27)33)18-10-14-20(32-2)15-11-18/h3-15,29H,1-2H3. The predicted molar refractivity (Wildman–Crippen MR) is 128 cm³/mol. The molecule has 0 radical (unpaired) electrons. The van der Waals surface area contributed by atoms with E-state index in [1.165, 1.54) is 9.13 Å². The fraction of sp³-hybridized carbons (Fsp3) is 0.0833. The van der Waals surface area contributed by atoms with E-state index in [1.807, 2.05) is 6.07 Å². The Morgan fingerprint density at radius 3 is 1.79 bits per heavy atom. The van der Waals surface area contributed by atoms with E-state index >= 15 is 0 Å². The van der Waals surface area contributed by atoms with Crippen LogP contribution in [0, 0.1) is 4.77 Å². The average Bonchev–Trinajstić information content (AvgIpc) is 2.85. The molecule has 33 heavy (non-hydrogen) atoms. The van der Waals surface area contributed by atoms with Crippen LogP contribution < -0.4 is 15.0 Å². The van der Waals surface area contributed by atoms with Crippen molar-refractivity contribution in [1.82, 2.24) is 9.13 Å². The lowest BCUT2D eigenvalue weighted by Crippen LogP contribution is -2.23. The molecular weight excluding hydrogens is 440 g/mol. The highest BCUT2D eigenvalue weighted by molar-refractivity contribution is 7.71. The molecule has 0 aliphatic carbocycles. The zero-order chi connectivity index (χ0) is 23.4. The van der Waals surface area contributed by atoms with Gasteiger partial charge in [0.15, 0.2) is 4.77 Å². The van der Waals surface area contributed by atoms with Crippen LogP contribution in [0.5, 0.6) is 17.4 Å². The molecule has 0 spiro atoms. The molecule has 0 aliphatic heterocycles. The van der Waals surface area contributed by atoms with Crippen molar-refractivity contribution in [2.45, 2.75) is 0 Å². The Morgan fingerprint density at radius 1 is 0.758 bits per heavy atom. The first kappa shape index (κ1) is 22.0. The molecule has 0 saturated heterocycles. The molecule has 0 bridgehead atoms. The van der Waals surface area contributed by atoms with Crippen LogP contribution in [0.25, 0.3) is 11.4 Å². The Labute approximate surface area is 194 Å². The van der Waals surface area contributed by atoms with Crippen LogP contribution in [0.4, 0.5) is 11.4 Å². The number of hydrogen-bond acceptors (Lipinski definition) is 7. The van der Waals surface area contributed by atoms with Gasteiger partial charge >= 0.3 is 0 Å². The monoisotopic (exact) mass is 460 g/mol. The number of aromatic nitrogens is 2. The smallest absolute Gasteiger partial charge is 0.290 e. The lowest BCUT2D eigenvalue weighted by atomic mass is 10.2. The van der Waals surface area contributed by atoms with Gasteiger partial charge in [0.1, 0.15) is 11.5 Å². The Morgan fingerprint density at radius 2 is 1.27 bits per heavy atom. The largest absolute Gasteiger partial charge is 0.497 e. The SMILES string of the molecule is COc1ccc(-n2c(O)c(N=Nc3ccccc3)c(=O)n(-c3ccc(OC)cc3)c2=S)cc1. The molecule has 1 heterocycles. The fourth-order valence-electron chi connectivity index (χ4n) is 3.20. The highest BCUT2D eigenvalue weighted by Gasteiger charge is 2.19. The quantitative estimate of drug-likeness (QED) is 0.303. The van der Waals surface area contributed by atoms with Gasteiger partial charge in [0.05, 0.1) is 31.3 Å². The van der Waals surface area contributed by atoms with E-state index in [4.69, 9.17) is 21.7 Å². The minimum absolute atomic E-state index is 0.0616. The molecular formula is C24H20N4O4S. The van der Waals surface area contributed by atoms with Crippen molar-refractivity contribution in [3.8, 4) is 28.8 Å². The van der Waals surface area contributed by atoms with Gasteiger partial charge in [-0.1, -0.05) is 18.2 Å². The molecule has 0 fully saturated rings. The first-order valence-corrected chi connectivity index (χ1v) is 10.3. The molecule has 1 N–H and O–H groups in total.